The van der Waals surface area contributed by atoms with Crippen LogP contribution in [0.15, 0.2) is 35.2 Å². The van der Waals surface area contributed by atoms with E-state index in [0.29, 0.717) is 0 Å². The lowest BCUT2D eigenvalue weighted by Gasteiger charge is -2.41. The molecular weight excluding hydrogens is 200 g/mol. The van der Waals surface area contributed by atoms with Crippen molar-refractivity contribution >= 4 is 16.4 Å². The standard InChI is InChI=1S/C14H22S/c1-13(2,3)14(4,5)15(6)12-10-8-7-9-11-12/h7-11H,6H2,1-5H3. The quantitative estimate of drug-likeness (QED) is 0.643. The summed E-state index contributed by atoms with van der Waals surface area (Å²) in [4.78, 5) is 1.36. The average Bonchev–Trinajstić information content (AvgIpc) is 2.16. The maximum Gasteiger partial charge on any atom is 0.0140 e. The van der Waals surface area contributed by atoms with Crippen LogP contribution in [0.2, 0.25) is 0 Å². The third kappa shape index (κ3) is 2.52. The lowest BCUT2D eigenvalue weighted by Crippen LogP contribution is -2.34. The van der Waals surface area contributed by atoms with Crippen LogP contribution >= 0.6 is 10.5 Å². The Kier molecular flexibility index (Phi) is 3.44. The van der Waals surface area contributed by atoms with Crippen molar-refractivity contribution in [3.63, 3.8) is 0 Å². The van der Waals surface area contributed by atoms with E-state index in [4.69, 9.17) is 0 Å². The first-order valence-corrected chi connectivity index (χ1v) is 6.75. The third-order valence-electron chi connectivity index (χ3n) is 3.45. The zero-order chi connectivity index (χ0) is 11.7. The Hall–Kier alpha value is -0.560. The molecule has 1 heteroatoms. The summed E-state index contributed by atoms with van der Waals surface area (Å²) in [6.45, 7) is 11.5. The summed E-state index contributed by atoms with van der Waals surface area (Å²) in [6.07, 6.45) is 0. The van der Waals surface area contributed by atoms with Crippen molar-refractivity contribution in [2.24, 2.45) is 5.41 Å². The van der Waals surface area contributed by atoms with Crippen molar-refractivity contribution < 1.29 is 0 Å². The first kappa shape index (κ1) is 12.5. The van der Waals surface area contributed by atoms with Crippen LogP contribution in [0.5, 0.6) is 0 Å². The van der Waals surface area contributed by atoms with E-state index in [1.165, 1.54) is 4.90 Å². The molecule has 15 heavy (non-hydrogen) atoms. The van der Waals surface area contributed by atoms with Crippen molar-refractivity contribution in [3.8, 4) is 0 Å². The van der Waals surface area contributed by atoms with E-state index in [1.54, 1.807) is 0 Å². The van der Waals surface area contributed by atoms with Crippen molar-refractivity contribution in [1.29, 1.82) is 0 Å². The fraction of sp³-hybridized carbons (Fsp3) is 0.500. The lowest BCUT2D eigenvalue weighted by atomic mass is 9.83. The molecule has 1 aromatic carbocycles. The predicted octanol–water partition coefficient (Wildman–Crippen LogP) is 4.57. The fourth-order valence-corrected chi connectivity index (χ4v) is 3.06. The number of hydrogen-bond donors (Lipinski definition) is 0. The average molecular weight is 222 g/mol. The van der Waals surface area contributed by atoms with Gasteiger partial charge in [-0.2, -0.15) is 10.5 Å². The van der Waals surface area contributed by atoms with Crippen molar-refractivity contribution in [1.82, 2.24) is 0 Å². The molecule has 0 aliphatic heterocycles. The topological polar surface area (TPSA) is 0 Å². The van der Waals surface area contributed by atoms with Crippen LogP contribution in [0.25, 0.3) is 0 Å². The molecule has 1 rings (SSSR count). The molecule has 0 saturated carbocycles. The lowest BCUT2D eigenvalue weighted by molar-refractivity contribution is 0.319. The second-order valence-corrected chi connectivity index (χ2v) is 7.74. The van der Waals surface area contributed by atoms with E-state index in [-0.39, 0.29) is 20.6 Å². The molecule has 0 aromatic heterocycles. The molecule has 0 aliphatic rings. The molecular formula is C14H22S. The Labute approximate surface area is 96.6 Å². The summed E-state index contributed by atoms with van der Waals surface area (Å²) in [5, 5.41) is 0. The van der Waals surface area contributed by atoms with E-state index < -0.39 is 0 Å². The number of rotatable bonds is 2. The van der Waals surface area contributed by atoms with Crippen molar-refractivity contribution in [2.45, 2.75) is 44.3 Å². The van der Waals surface area contributed by atoms with Gasteiger partial charge in [-0.25, -0.2) is 0 Å². The van der Waals surface area contributed by atoms with Crippen molar-refractivity contribution in [3.05, 3.63) is 30.3 Å². The van der Waals surface area contributed by atoms with Gasteiger partial charge in [0, 0.05) is 9.64 Å². The fourth-order valence-electron chi connectivity index (χ4n) is 1.25. The van der Waals surface area contributed by atoms with Crippen LogP contribution in [0.3, 0.4) is 0 Å². The van der Waals surface area contributed by atoms with Crippen LogP contribution in [0.4, 0.5) is 0 Å². The van der Waals surface area contributed by atoms with E-state index in [0.717, 1.165) is 0 Å². The zero-order valence-electron chi connectivity index (χ0n) is 10.5. The van der Waals surface area contributed by atoms with E-state index >= 15 is 0 Å². The monoisotopic (exact) mass is 222 g/mol. The van der Waals surface area contributed by atoms with Crippen LogP contribution < -0.4 is 0 Å². The minimum absolute atomic E-state index is 0.0368. The SMILES string of the molecule is C=S(c1ccccc1)C(C)(C)C(C)(C)C. The van der Waals surface area contributed by atoms with Crippen LogP contribution in [0.1, 0.15) is 34.6 Å². The van der Waals surface area contributed by atoms with E-state index in [1.807, 2.05) is 0 Å². The van der Waals surface area contributed by atoms with Gasteiger partial charge in [0.2, 0.25) is 0 Å². The second-order valence-electron chi connectivity index (χ2n) is 5.46. The van der Waals surface area contributed by atoms with Gasteiger partial charge in [0.1, 0.15) is 0 Å². The van der Waals surface area contributed by atoms with Gasteiger partial charge < -0.3 is 0 Å². The first-order valence-electron chi connectivity index (χ1n) is 5.36. The van der Waals surface area contributed by atoms with Gasteiger partial charge in [-0.3, -0.25) is 0 Å². The van der Waals surface area contributed by atoms with Crippen molar-refractivity contribution in [2.75, 3.05) is 0 Å². The molecule has 0 N–H and O–H groups in total. The maximum atomic E-state index is 4.37. The minimum Gasteiger partial charge on any atom is -0.156 e. The van der Waals surface area contributed by atoms with Crippen LogP contribution in [-0.4, -0.2) is 10.6 Å². The minimum atomic E-state index is 0.0368. The molecule has 84 valence electrons. The van der Waals surface area contributed by atoms with Gasteiger partial charge in [0.05, 0.1) is 0 Å². The second kappa shape index (κ2) is 4.13. The Morgan fingerprint density at radius 3 is 1.80 bits per heavy atom. The molecule has 0 fully saturated rings. The Balaban J connectivity index is 3.06. The third-order valence-corrected chi connectivity index (χ3v) is 6.14. The summed E-state index contributed by atoms with van der Waals surface area (Å²) >= 11 is 0. The summed E-state index contributed by atoms with van der Waals surface area (Å²) in [7, 11) is 0.0368. The molecule has 1 unspecified atom stereocenters. The largest absolute Gasteiger partial charge is 0.156 e. The molecule has 0 bridgehead atoms. The van der Waals surface area contributed by atoms with Gasteiger partial charge in [0.15, 0.2) is 0 Å². The van der Waals surface area contributed by atoms with Gasteiger partial charge in [-0.15, -0.1) is 0 Å². The molecule has 0 saturated heterocycles. The van der Waals surface area contributed by atoms with Crippen LogP contribution in [-0.2, 0) is 0 Å². The summed E-state index contributed by atoms with van der Waals surface area (Å²) in [6, 6.07) is 10.6. The predicted molar refractivity (Wildman–Crippen MR) is 73.0 cm³/mol. The Morgan fingerprint density at radius 1 is 0.933 bits per heavy atom. The molecule has 1 aromatic rings. The van der Waals surface area contributed by atoms with E-state index in [2.05, 4.69) is 70.8 Å². The molecule has 0 aliphatic carbocycles. The highest BCUT2D eigenvalue weighted by Crippen LogP contribution is 2.48. The molecule has 0 radical (unpaired) electrons. The van der Waals surface area contributed by atoms with Gasteiger partial charge in [0.25, 0.3) is 0 Å². The Bertz CT molecular complexity index is 341. The number of benzene rings is 1. The summed E-state index contributed by atoms with van der Waals surface area (Å²) < 4.78 is 0.217. The van der Waals surface area contributed by atoms with Gasteiger partial charge >= 0.3 is 0 Å². The Morgan fingerprint density at radius 2 is 1.40 bits per heavy atom. The first-order chi connectivity index (χ1) is 6.77. The summed E-state index contributed by atoms with van der Waals surface area (Å²) in [5.41, 5.74) is 0.272. The van der Waals surface area contributed by atoms with Crippen LogP contribution in [0, 0.1) is 5.41 Å². The molecule has 0 nitrogen and oxygen atoms in total. The number of hydrogen-bond acceptors (Lipinski definition) is 0. The smallest absolute Gasteiger partial charge is 0.0140 e. The molecule has 0 amide bonds. The summed E-state index contributed by atoms with van der Waals surface area (Å²) in [5.74, 6) is 4.37. The van der Waals surface area contributed by atoms with Gasteiger partial charge in [-0.1, -0.05) is 58.7 Å². The van der Waals surface area contributed by atoms with E-state index in [9.17, 15) is 0 Å². The zero-order valence-corrected chi connectivity index (χ0v) is 11.3. The molecule has 1 atom stereocenters. The highest BCUT2D eigenvalue weighted by Gasteiger charge is 2.35. The normalized spacial score (nSPS) is 15.0. The highest BCUT2D eigenvalue weighted by atomic mass is 32.2. The molecule has 0 heterocycles. The highest BCUT2D eigenvalue weighted by molar-refractivity contribution is 8.15. The maximum absolute atomic E-state index is 4.37. The van der Waals surface area contributed by atoms with Gasteiger partial charge in [-0.05, 0) is 17.5 Å². The molecule has 0 spiro atoms.